The van der Waals surface area contributed by atoms with E-state index in [9.17, 15) is 14.4 Å². The van der Waals surface area contributed by atoms with Crippen LogP contribution in [0.3, 0.4) is 0 Å². The van der Waals surface area contributed by atoms with Crippen LogP contribution in [0.15, 0.2) is 78.4 Å². The standard InChI is InChI=1S/C35H48IN5O3/c1-25-11-9-12-27(21-25)23-31(33(43)38-39(3)4)41(6)34(44)30(40(5)32(42)15-10-20-35(2,37)24-36)19-17-26-16-18-28-13-7-8-14-29(28)22-26/h7-16,18,22,25,30-31H,17,19-21,23-24,37H2,1-6H3,(H,38,43)/b15-10+/t25?,30?,31-,35?/m1/s1. The molecule has 0 heterocycles. The van der Waals surface area contributed by atoms with E-state index in [0.717, 1.165) is 32.8 Å². The van der Waals surface area contributed by atoms with Crippen molar-refractivity contribution in [3.8, 4) is 0 Å². The SMILES string of the molecule is CC1C=CC=C(C[C@H](C(=O)NN(C)C)N(C)C(=O)C(CCc2ccc3ccccc3c2)N(C)C(=O)/C=C/CC(C)(N)CI)C1. The fourth-order valence-electron chi connectivity index (χ4n) is 5.35. The zero-order valence-electron chi connectivity index (χ0n) is 26.9. The third-order valence-corrected chi connectivity index (χ3v) is 9.78. The van der Waals surface area contributed by atoms with Gasteiger partial charge in [0, 0.05) is 38.2 Å². The van der Waals surface area contributed by atoms with Crippen molar-refractivity contribution in [2.45, 2.75) is 63.6 Å². The zero-order valence-corrected chi connectivity index (χ0v) is 29.1. The zero-order chi connectivity index (χ0) is 32.4. The number of aryl methyl sites for hydroxylation is 1. The lowest BCUT2D eigenvalue weighted by Crippen LogP contribution is -2.56. The predicted octanol–water partition coefficient (Wildman–Crippen LogP) is 5.03. The van der Waals surface area contributed by atoms with E-state index in [2.05, 4.69) is 71.3 Å². The van der Waals surface area contributed by atoms with Crippen molar-refractivity contribution in [1.29, 1.82) is 0 Å². The predicted molar refractivity (Wildman–Crippen MR) is 188 cm³/mol. The molecule has 2 aromatic rings. The first kappa shape index (κ1) is 35.5. The van der Waals surface area contributed by atoms with Crippen molar-refractivity contribution in [3.05, 3.63) is 84.0 Å². The van der Waals surface area contributed by atoms with Gasteiger partial charge in [-0.15, -0.1) is 0 Å². The molecule has 2 aromatic carbocycles. The molecule has 3 N–H and O–H groups in total. The van der Waals surface area contributed by atoms with Crippen LogP contribution in [0.4, 0.5) is 0 Å². The van der Waals surface area contributed by atoms with Crippen molar-refractivity contribution in [3.63, 3.8) is 0 Å². The van der Waals surface area contributed by atoms with Crippen molar-refractivity contribution in [1.82, 2.24) is 20.2 Å². The number of amides is 3. The highest BCUT2D eigenvalue weighted by Gasteiger charge is 2.35. The lowest BCUT2D eigenvalue weighted by molar-refractivity contribution is -0.147. The smallest absolute Gasteiger partial charge is 0.257 e. The molecule has 0 bridgehead atoms. The van der Waals surface area contributed by atoms with Crippen LogP contribution >= 0.6 is 22.6 Å². The normalized spacial score (nSPS) is 17.7. The maximum Gasteiger partial charge on any atom is 0.257 e. The summed E-state index contributed by atoms with van der Waals surface area (Å²) in [6, 6.07) is 12.9. The van der Waals surface area contributed by atoms with Gasteiger partial charge in [0.15, 0.2) is 0 Å². The van der Waals surface area contributed by atoms with E-state index in [1.165, 1.54) is 15.9 Å². The van der Waals surface area contributed by atoms with Gasteiger partial charge in [0.1, 0.15) is 12.1 Å². The molecule has 0 fully saturated rings. The van der Waals surface area contributed by atoms with Crippen molar-refractivity contribution < 1.29 is 14.4 Å². The van der Waals surface area contributed by atoms with Crippen LogP contribution in [-0.4, -0.2) is 82.8 Å². The van der Waals surface area contributed by atoms with Crippen LogP contribution in [-0.2, 0) is 20.8 Å². The Morgan fingerprint density at radius 3 is 2.43 bits per heavy atom. The third kappa shape index (κ3) is 10.3. The molecule has 8 nitrogen and oxygen atoms in total. The number of carbonyl (C=O) groups is 3. The molecule has 0 saturated carbocycles. The number of hydrogen-bond donors (Lipinski definition) is 2. The summed E-state index contributed by atoms with van der Waals surface area (Å²) in [7, 11) is 6.82. The quantitative estimate of drug-likeness (QED) is 0.124. The van der Waals surface area contributed by atoms with Crippen LogP contribution in [0, 0.1) is 5.92 Å². The number of carbonyl (C=O) groups excluding carboxylic acids is 3. The molecule has 3 unspecified atom stereocenters. The van der Waals surface area contributed by atoms with Crippen LogP contribution < -0.4 is 11.2 Å². The first-order valence-corrected chi connectivity index (χ1v) is 16.7. The Morgan fingerprint density at radius 2 is 1.77 bits per heavy atom. The number of hydrogen-bond acceptors (Lipinski definition) is 5. The molecule has 9 heteroatoms. The molecule has 4 atom stereocenters. The number of likely N-dealkylation sites (N-methyl/N-ethyl adjacent to an activating group) is 2. The van der Waals surface area contributed by atoms with Gasteiger partial charge in [-0.05, 0) is 67.4 Å². The maximum absolute atomic E-state index is 14.3. The first-order chi connectivity index (χ1) is 20.8. The Kier molecular flexibility index (Phi) is 13.2. The molecular formula is C35H48IN5O3. The molecule has 0 radical (unpaired) electrons. The van der Waals surface area contributed by atoms with Crippen molar-refractivity contribution in [2.24, 2.45) is 11.7 Å². The summed E-state index contributed by atoms with van der Waals surface area (Å²) in [5, 5.41) is 3.86. The van der Waals surface area contributed by atoms with Crippen LogP contribution in [0.5, 0.6) is 0 Å². The molecular weight excluding hydrogens is 665 g/mol. The second kappa shape index (κ2) is 16.3. The number of nitrogens with two attached hydrogens (primary N) is 1. The third-order valence-electron chi connectivity index (χ3n) is 8.03. The van der Waals surface area contributed by atoms with E-state index in [4.69, 9.17) is 5.73 Å². The van der Waals surface area contributed by atoms with Gasteiger partial charge < -0.3 is 15.5 Å². The Balaban J connectivity index is 1.89. The number of nitrogens with one attached hydrogen (secondary N) is 1. The summed E-state index contributed by atoms with van der Waals surface area (Å²) in [6.45, 7) is 4.08. The summed E-state index contributed by atoms with van der Waals surface area (Å²) in [5.74, 6) is -0.453. The number of alkyl halides is 1. The Bertz CT molecular complexity index is 1400. The second-order valence-electron chi connectivity index (χ2n) is 12.5. The molecule has 0 spiro atoms. The Hall–Kier alpha value is -3.02. The molecule has 1 aliphatic rings. The lowest BCUT2D eigenvalue weighted by Gasteiger charge is -2.35. The van der Waals surface area contributed by atoms with Crippen molar-refractivity contribution >= 4 is 51.1 Å². The van der Waals surface area contributed by atoms with Gasteiger partial charge in [-0.25, -0.2) is 5.01 Å². The van der Waals surface area contributed by atoms with Crippen molar-refractivity contribution in [2.75, 3.05) is 32.6 Å². The van der Waals surface area contributed by atoms with Crippen LogP contribution in [0.25, 0.3) is 10.8 Å². The average molecular weight is 714 g/mol. The number of allylic oxidation sites excluding steroid dienone is 3. The summed E-state index contributed by atoms with van der Waals surface area (Å²) in [6.07, 6.45) is 12.3. The number of hydrazine groups is 1. The van der Waals surface area contributed by atoms with Crippen LogP contribution in [0.2, 0.25) is 0 Å². The summed E-state index contributed by atoms with van der Waals surface area (Å²) >= 11 is 2.24. The highest BCUT2D eigenvalue weighted by Crippen LogP contribution is 2.25. The first-order valence-electron chi connectivity index (χ1n) is 15.2. The molecule has 0 aromatic heterocycles. The molecule has 3 amide bonds. The van der Waals surface area contributed by atoms with Gasteiger partial charge in [0.25, 0.3) is 5.91 Å². The van der Waals surface area contributed by atoms with E-state index in [0.29, 0.717) is 31.6 Å². The number of halogens is 1. The molecule has 44 heavy (non-hydrogen) atoms. The van der Waals surface area contributed by atoms with Gasteiger partial charge in [-0.3, -0.25) is 19.8 Å². The minimum atomic E-state index is -0.772. The van der Waals surface area contributed by atoms with E-state index < -0.39 is 17.6 Å². The van der Waals surface area contributed by atoms with Gasteiger partial charge in [-0.2, -0.15) is 0 Å². The fourth-order valence-corrected chi connectivity index (χ4v) is 5.67. The number of fused-ring (bicyclic) bond motifs is 1. The number of rotatable bonds is 14. The van der Waals surface area contributed by atoms with Gasteiger partial charge in [0.05, 0.1) is 0 Å². The maximum atomic E-state index is 14.3. The highest BCUT2D eigenvalue weighted by molar-refractivity contribution is 14.1. The van der Waals surface area contributed by atoms with Gasteiger partial charge >= 0.3 is 0 Å². The van der Waals surface area contributed by atoms with Crippen LogP contribution in [0.1, 0.15) is 45.1 Å². The van der Waals surface area contributed by atoms with E-state index in [1.807, 2.05) is 31.2 Å². The molecule has 1 aliphatic carbocycles. The monoisotopic (exact) mass is 713 g/mol. The topological polar surface area (TPSA) is 99.0 Å². The molecule has 0 aliphatic heterocycles. The Labute approximate surface area is 276 Å². The fraction of sp³-hybridized carbons (Fsp3) is 0.457. The number of nitrogens with zero attached hydrogens (tertiary/aromatic N) is 3. The lowest BCUT2D eigenvalue weighted by atomic mass is 9.91. The van der Waals surface area contributed by atoms with E-state index >= 15 is 0 Å². The average Bonchev–Trinajstić information content (AvgIpc) is 2.98. The molecule has 0 saturated heterocycles. The minimum absolute atomic E-state index is 0.267. The molecule has 3 rings (SSSR count). The van der Waals surface area contributed by atoms with E-state index in [1.54, 1.807) is 39.3 Å². The van der Waals surface area contributed by atoms with E-state index in [-0.39, 0.29) is 17.7 Å². The Morgan fingerprint density at radius 1 is 1.07 bits per heavy atom. The highest BCUT2D eigenvalue weighted by atomic mass is 127. The number of benzene rings is 2. The summed E-state index contributed by atoms with van der Waals surface area (Å²) in [5.41, 5.74) is 10.9. The minimum Gasteiger partial charge on any atom is -0.332 e. The largest absolute Gasteiger partial charge is 0.332 e. The summed E-state index contributed by atoms with van der Waals surface area (Å²) < 4.78 is 0.748. The second-order valence-corrected chi connectivity index (χ2v) is 13.3. The van der Waals surface area contributed by atoms with Gasteiger partial charge in [-0.1, -0.05) is 102 Å². The summed E-state index contributed by atoms with van der Waals surface area (Å²) in [4.78, 5) is 44.2. The molecule has 238 valence electrons. The van der Waals surface area contributed by atoms with Gasteiger partial charge in [0.2, 0.25) is 11.8 Å².